The van der Waals surface area contributed by atoms with E-state index in [2.05, 4.69) is 8.75 Å². The lowest BCUT2D eigenvalue weighted by atomic mass is 9.99. The first kappa shape index (κ1) is 14.1. The zero-order chi connectivity index (χ0) is 14.3. The van der Waals surface area contributed by atoms with E-state index in [-0.39, 0.29) is 18.2 Å². The summed E-state index contributed by atoms with van der Waals surface area (Å²) < 4.78 is 13.4. The Balaban J connectivity index is 1.98. The molecule has 1 saturated heterocycles. The average Bonchev–Trinajstić information content (AvgIpc) is 2.95. The number of aromatic nitrogens is 2. The van der Waals surface area contributed by atoms with E-state index < -0.39 is 0 Å². The molecule has 2 aliphatic rings. The third kappa shape index (κ3) is 2.19. The van der Waals surface area contributed by atoms with Crippen molar-refractivity contribution < 1.29 is 9.53 Å². The van der Waals surface area contributed by atoms with Gasteiger partial charge in [-0.2, -0.15) is 8.75 Å². The normalized spacial score (nSPS) is 25.2. The van der Waals surface area contributed by atoms with Crippen LogP contribution in [0, 0.1) is 0 Å². The molecule has 0 aromatic carbocycles. The molecule has 2 bridgehead atoms. The van der Waals surface area contributed by atoms with E-state index >= 15 is 0 Å². The van der Waals surface area contributed by atoms with E-state index in [1.54, 1.807) is 11.8 Å². The summed E-state index contributed by atoms with van der Waals surface area (Å²) in [7, 11) is 0. The van der Waals surface area contributed by atoms with E-state index in [0.717, 1.165) is 35.2 Å². The monoisotopic (exact) mass is 333 g/mol. The molecule has 20 heavy (non-hydrogen) atoms. The van der Waals surface area contributed by atoms with Crippen LogP contribution in [0.5, 0.6) is 0 Å². The first-order valence-electron chi connectivity index (χ1n) is 6.45. The maximum absolute atomic E-state index is 12.1. The van der Waals surface area contributed by atoms with Crippen LogP contribution in [0.4, 0.5) is 4.79 Å². The minimum Gasteiger partial charge on any atom is -0.450 e. The SMILES string of the molecule is CCOC(=O)N1C2CCC1C(c1nsnc1Cl)=C(Cl)C2. The maximum atomic E-state index is 12.1. The van der Waals surface area contributed by atoms with Crippen LogP contribution in [0.2, 0.25) is 5.15 Å². The van der Waals surface area contributed by atoms with Gasteiger partial charge >= 0.3 is 6.09 Å². The lowest BCUT2D eigenvalue weighted by molar-refractivity contribution is 0.0937. The van der Waals surface area contributed by atoms with Crippen molar-refractivity contribution in [1.29, 1.82) is 0 Å². The number of halogens is 2. The Labute approximate surface area is 130 Å². The molecule has 2 unspecified atom stereocenters. The maximum Gasteiger partial charge on any atom is 0.410 e. The first-order chi connectivity index (χ1) is 9.63. The number of fused-ring (bicyclic) bond motifs is 2. The minimum atomic E-state index is -0.291. The summed E-state index contributed by atoms with van der Waals surface area (Å²) in [5.74, 6) is 0. The third-order valence-electron chi connectivity index (χ3n) is 3.73. The van der Waals surface area contributed by atoms with Gasteiger partial charge < -0.3 is 4.74 Å². The summed E-state index contributed by atoms with van der Waals surface area (Å²) in [5.41, 5.74) is 1.42. The second-order valence-corrected chi connectivity index (χ2v) is 6.12. The van der Waals surface area contributed by atoms with Crippen molar-refractivity contribution in [2.24, 2.45) is 0 Å². The van der Waals surface area contributed by atoms with Crippen LogP contribution < -0.4 is 0 Å². The Bertz CT molecular complexity index is 575. The molecule has 3 rings (SSSR count). The highest BCUT2D eigenvalue weighted by atomic mass is 35.5. The molecular formula is C12H13Cl2N3O2S. The van der Waals surface area contributed by atoms with E-state index in [9.17, 15) is 4.79 Å². The van der Waals surface area contributed by atoms with E-state index in [1.807, 2.05) is 0 Å². The predicted molar refractivity (Wildman–Crippen MR) is 78.0 cm³/mol. The van der Waals surface area contributed by atoms with Gasteiger partial charge in [0.1, 0.15) is 5.69 Å². The first-order valence-corrected chi connectivity index (χ1v) is 7.94. The molecule has 2 aliphatic heterocycles. The van der Waals surface area contributed by atoms with Crippen LogP contribution in [0.1, 0.15) is 31.9 Å². The Morgan fingerprint density at radius 3 is 2.90 bits per heavy atom. The van der Waals surface area contributed by atoms with Crippen molar-refractivity contribution in [1.82, 2.24) is 13.6 Å². The molecule has 3 heterocycles. The van der Waals surface area contributed by atoms with Gasteiger partial charge in [0.05, 0.1) is 24.4 Å². The lowest BCUT2D eigenvalue weighted by Crippen LogP contribution is -2.44. The van der Waals surface area contributed by atoms with Crippen molar-refractivity contribution in [3.8, 4) is 0 Å². The molecule has 0 aliphatic carbocycles. The zero-order valence-corrected chi connectivity index (χ0v) is 13.1. The summed E-state index contributed by atoms with van der Waals surface area (Å²) >= 11 is 13.5. The second kappa shape index (κ2) is 5.50. The summed E-state index contributed by atoms with van der Waals surface area (Å²) in [4.78, 5) is 13.9. The number of rotatable bonds is 2. The highest BCUT2D eigenvalue weighted by molar-refractivity contribution is 6.99. The van der Waals surface area contributed by atoms with E-state index in [4.69, 9.17) is 27.9 Å². The van der Waals surface area contributed by atoms with Crippen LogP contribution in [0.25, 0.3) is 5.57 Å². The van der Waals surface area contributed by atoms with Crippen molar-refractivity contribution in [3.63, 3.8) is 0 Å². The number of carbonyl (C=O) groups is 1. The molecule has 108 valence electrons. The number of carbonyl (C=O) groups excluding carboxylic acids is 1. The largest absolute Gasteiger partial charge is 0.450 e. The van der Waals surface area contributed by atoms with Crippen LogP contribution in [0.15, 0.2) is 5.03 Å². The van der Waals surface area contributed by atoms with Gasteiger partial charge in [-0.1, -0.05) is 23.2 Å². The molecular weight excluding hydrogens is 321 g/mol. The number of ether oxygens (including phenoxy) is 1. The van der Waals surface area contributed by atoms with E-state index in [0.29, 0.717) is 23.9 Å². The molecule has 1 aromatic rings. The van der Waals surface area contributed by atoms with Gasteiger partial charge in [0, 0.05) is 23.1 Å². The number of hydrogen-bond acceptors (Lipinski definition) is 5. The molecule has 1 fully saturated rings. The minimum absolute atomic E-state index is 0.110. The number of amides is 1. The number of nitrogens with zero attached hydrogens (tertiary/aromatic N) is 3. The second-order valence-electron chi connectivity index (χ2n) is 4.78. The molecule has 0 radical (unpaired) electrons. The molecule has 0 spiro atoms. The molecule has 8 heteroatoms. The van der Waals surface area contributed by atoms with Crippen molar-refractivity contribution >= 4 is 46.6 Å². The quantitative estimate of drug-likeness (QED) is 0.830. The van der Waals surface area contributed by atoms with Crippen molar-refractivity contribution in [3.05, 3.63) is 15.9 Å². The fourth-order valence-electron chi connectivity index (χ4n) is 2.96. The summed E-state index contributed by atoms with van der Waals surface area (Å²) in [5, 5.41) is 1.07. The van der Waals surface area contributed by atoms with Crippen molar-refractivity contribution in [2.45, 2.75) is 38.3 Å². The topological polar surface area (TPSA) is 55.3 Å². The smallest absolute Gasteiger partial charge is 0.410 e. The Morgan fingerprint density at radius 2 is 2.25 bits per heavy atom. The Hall–Kier alpha value is -0.850. The van der Waals surface area contributed by atoms with Gasteiger partial charge in [-0.15, -0.1) is 0 Å². The molecule has 5 nitrogen and oxygen atoms in total. The molecule has 0 N–H and O–H groups in total. The summed E-state index contributed by atoms with van der Waals surface area (Å²) in [6.07, 6.45) is 2.10. The van der Waals surface area contributed by atoms with Gasteiger partial charge in [-0.25, -0.2) is 4.79 Å². The standard InChI is InChI=1S/C12H13Cl2N3O2S/c1-2-19-12(18)17-6-3-4-8(17)9(7(13)5-6)10-11(14)16-20-15-10/h6,8H,2-5H2,1H3. The van der Waals surface area contributed by atoms with Gasteiger partial charge in [0.15, 0.2) is 5.15 Å². The van der Waals surface area contributed by atoms with Gasteiger partial charge in [-0.05, 0) is 19.8 Å². The zero-order valence-electron chi connectivity index (χ0n) is 10.8. The van der Waals surface area contributed by atoms with Crippen LogP contribution in [-0.4, -0.2) is 38.4 Å². The molecule has 0 saturated carbocycles. The summed E-state index contributed by atoms with van der Waals surface area (Å²) in [6.45, 7) is 2.16. The average molecular weight is 334 g/mol. The lowest BCUT2D eigenvalue weighted by Gasteiger charge is -2.35. The molecule has 2 atom stereocenters. The van der Waals surface area contributed by atoms with E-state index in [1.165, 1.54) is 0 Å². The van der Waals surface area contributed by atoms with Crippen LogP contribution in [0.3, 0.4) is 0 Å². The fraction of sp³-hybridized carbons (Fsp3) is 0.583. The fourth-order valence-corrected chi connectivity index (χ4v) is 4.11. The van der Waals surface area contributed by atoms with Crippen molar-refractivity contribution in [2.75, 3.05) is 6.61 Å². The highest BCUT2D eigenvalue weighted by Gasteiger charge is 2.45. The molecule has 1 amide bonds. The number of hydrogen-bond donors (Lipinski definition) is 0. The molecule has 1 aromatic heterocycles. The third-order valence-corrected chi connectivity index (χ3v) is 4.98. The predicted octanol–water partition coefficient (Wildman–Crippen LogP) is 3.53. The van der Waals surface area contributed by atoms with Crippen LogP contribution in [-0.2, 0) is 4.74 Å². The highest BCUT2D eigenvalue weighted by Crippen LogP contribution is 2.45. The van der Waals surface area contributed by atoms with Gasteiger partial charge in [-0.3, -0.25) is 4.90 Å². The van der Waals surface area contributed by atoms with Gasteiger partial charge in [0.25, 0.3) is 0 Å². The van der Waals surface area contributed by atoms with Gasteiger partial charge in [0.2, 0.25) is 0 Å². The van der Waals surface area contributed by atoms with Crippen LogP contribution >= 0.6 is 34.9 Å². The summed E-state index contributed by atoms with van der Waals surface area (Å²) in [6, 6.07) is 0.00219. The Kier molecular flexibility index (Phi) is 3.88. The Morgan fingerprint density at radius 1 is 1.45 bits per heavy atom.